The van der Waals surface area contributed by atoms with E-state index in [2.05, 4.69) is 18.7 Å². The first-order valence-electron chi connectivity index (χ1n) is 7.85. The Morgan fingerprint density at radius 3 is 2.85 bits per heavy atom. The second-order valence-corrected chi connectivity index (χ2v) is 6.04. The molecule has 0 spiro atoms. The molecule has 1 saturated heterocycles. The van der Waals surface area contributed by atoms with Gasteiger partial charge >= 0.3 is 0 Å². The molecule has 1 fully saturated rings. The lowest BCUT2D eigenvalue weighted by Gasteiger charge is -2.36. The number of rotatable bonds is 6. The highest BCUT2D eigenvalue weighted by Gasteiger charge is 2.21. The Morgan fingerprint density at radius 1 is 1.25 bits per heavy atom. The maximum atomic E-state index is 5.87. The Hall–Kier alpha value is -1.06. The van der Waals surface area contributed by atoms with Crippen LogP contribution < -0.4 is 10.5 Å². The fourth-order valence-electron chi connectivity index (χ4n) is 2.95. The summed E-state index contributed by atoms with van der Waals surface area (Å²) in [4.78, 5) is 2.60. The Bertz CT molecular complexity index is 408. The molecule has 3 heteroatoms. The molecule has 1 aromatic rings. The molecule has 0 saturated carbocycles. The summed E-state index contributed by atoms with van der Waals surface area (Å²) >= 11 is 0. The highest BCUT2D eigenvalue weighted by Crippen LogP contribution is 2.21. The summed E-state index contributed by atoms with van der Waals surface area (Å²) in [5.41, 5.74) is 6.81. The minimum Gasteiger partial charge on any atom is -0.493 e. The number of hydrogen-bond acceptors (Lipinski definition) is 3. The highest BCUT2D eigenvalue weighted by molar-refractivity contribution is 5.32. The van der Waals surface area contributed by atoms with E-state index < -0.39 is 0 Å². The maximum absolute atomic E-state index is 5.87. The molecule has 112 valence electrons. The molecule has 0 aliphatic carbocycles. The molecule has 1 heterocycles. The van der Waals surface area contributed by atoms with Crippen LogP contribution in [0.4, 0.5) is 0 Å². The minimum atomic E-state index is 0.539. The maximum Gasteiger partial charge on any atom is 0.123 e. The van der Waals surface area contributed by atoms with Crippen molar-refractivity contribution in [2.45, 2.75) is 45.7 Å². The number of likely N-dealkylation sites (tertiary alicyclic amines) is 1. The van der Waals surface area contributed by atoms with Crippen molar-refractivity contribution in [1.29, 1.82) is 0 Å². The van der Waals surface area contributed by atoms with Crippen molar-refractivity contribution in [1.82, 2.24) is 4.90 Å². The van der Waals surface area contributed by atoms with Gasteiger partial charge in [-0.2, -0.15) is 0 Å². The van der Waals surface area contributed by atoms with Gasteiger partial charge < -0.3 is 15.4 Å². The van der Waals surface area contributed by atoms with Gasteiger partial charge in [0.2, 0.25) is 0 Å². The molecular weight excluding hydrogens is 248 g/mol. The monoisotopic (exact) mass is 276 g/mol. The summed E-state index contributed by atoms with van der Waals surface area (Å²) in [5.74, 6) is 1.78. The predicted octanol–water partition coefficient (Wildman–Crippen LogP) is 3.03. The van der Waals surface area contributed by atoms with E-state index in [4.69, 9.17) is 10.5 Å². The molecule has 2 atom stereocenters. The molecule has 0 aromatic heterocycles. The van der Waals surface area contributed by atoms with Gasteiger partial charge in [0.05, 0.1) is 6.61 Å². The number of ether oxygens (including phenoxy) is 1. The van der Waals surface area contributed by atoms with Crippen molar-refractivity contribution in [2.75, 3.05) is 19.7 Å². The fourth-order valence-corrected chi connectivity index (χ4v) is 2.95. The summed E-state index contributed by atoms with van der Waals surface area (Å²) in [7, 11) is 0. The van der Waals surface area contributed by atoms with E-state index in [1.165, 1.54) is 19.4 Å². The molecule has 1 aliphatic rings. The summed E-state index contributed by atoms with van der Waals surface area (Å²) in [6.45, 7) is 8.38. The number of para-hydroxylation sites is 1. The predicted molar refractivity (Wildman–Crippen MR) is 83.9 cm³/mol. The topological polar surface area (TPSA) is 38.5 Å². The first-order valence-corrected chi connectivity index (χ1v) is 7.85. The molecule has 3 nitrogen and oxygen atoms in total. The zero-order chi connectivity index (χ0) is 14.4. The van der Waals surface area contributed by atoms with Crippen LogP contribution in [0.25, 0.3) is 0 Å². The van der Waals surface area contributed by atoms with Gasteiger partial charge in [0.25, 0.3) is 0 Å². The normalized spacial score (nSPS) is 23.8. The van der Waals surface area contributed by atoms with Crippen LogP contribution >= 0.6 is 0 Å². The lowest BCUT2D eigenvalue weighted by Crippen LogP contribution is -2.41. The van der Waals surface area contributed by atoms with Crippen LogP contribution in [0.2, 0.25) is 0 Å². The van der Waals surface area contributed by atoms with Crippen molar-refractivity contribution in [3.63, 3.8) is 0 Å². The van der Waals surface area contributed by atoms with Gasteiger partial charge in [-0.25, -0.2) is 0 Å². The van der Waals surface area contributed by atoms with Crippen molar-refractivity contribution in [2.24, 2.45) is 11.7 Å². The van der Waals surface area contributed by atoms with Gasteiger partial charge in [-0.1, -0.05) is 25.1 Å². The molecule has 0 amide bonds. The SMILES string of the molecule is CC1CCC(C)N(CCCOc2ccccc2CN)C1. The van der Waals surface area contributed by atoms with Crippen LogP contribution in [0.3, 0.4) is 0 Å². The van der Waals surface area contributed by atoms with Crippen LogP contribution in [0.15, 0.2) is 24.3 Å². The van der Waals surface area contributed by atoms with Gasteiger partial charge in [-0.3, -0.25) is 0 Å². The number of hydrogen-bond donors (Lipinski definition) is 1. The van der Waals surface area contributed by atoms with Crippen LogP contribution in [0, 0.1) is 5.92 Å². The molecule has 1 aromatic carbocycles. The van der Waals surface area contributed by atoms with Gasteiger partial charge in [0, 0.05) is 31.2 Å². The number of piperidine rings is 1. The number of nitrogens with two attached hydrogens (primary N) is 1. The van der Waals surface area contributed by atoms with E-state index in [1.54, 1.807) is 0 Å². The van der Waals surface area contributed by atoms with Crippen LogP contribution in [0.5, 0.6) is 5.75 Å². The third-order valence-electron chi connectivity index (χ3n) is 4.29. The van der Waals surface area contributed by atoms with Crippen molar-refractivity contribution < 1.29 is 4.74 Å². The van der Waals surface area contributed by atoms with Crippen molar-refractivity contribution >= 4 is 0 Å². The average Bonchev–Trinajstić information content (AvgIpc) is 2.47. The highest BCUT2D eigenvalue weighted by atomic mass is 16.5. The quantitative estimate of drug-likeness (QED) is 0.812. The van der Waals surface area contributed by atoms with Crippen LogP contribution in [0.1, 0.15) is 38.7 Å². The summed E-state index contributed by atoms with van der Waals surface area (Å²) in [5, 5.41) is 0. The van der Waals surface area contributed by atoms with E-state index in [0.29, 0.717) is 6.54 Å². The summed E-state index contributed by atoms with van der Waals surface area (Å²) < 4.78 is 5.87. The van der Waals surface area contributed by atoms with Gasteiger partial charge in [-0.15, -0.1) is 0 Å². The standard InChI is InChI=1S/C17H28N2O/c1-14-8-9-15(2)19(13-14)10-5-11-20-17-7-4-3-6-16(17)12-18/h3-4,6-7,14-15H,5,8-13,18H2,1-2H3. The molecular formula is C17H28N2O. The van der Waals surface area contributed by atoms with Crippen molar-refractivity contribution in [3.05, 3.63) is 29.8 Å². The van der Waals surface area contributed by atoms with Gasteiger partial charge in [0.15, 0.2) is 0 Å². The molecule has 2 rings (SSSR count). The lowest BCUT2D eigenvalue weighted by atomic mass is 9.95. The average molecular weight is 276 g/mol. The van der Waals surface area contributed by atoms with Gasteiger partial charge in [0.1, 0.15) is 5.75 Å². The Balaban J connectivity index is 1.73. The van der Waals surface area contributed by atoms with Crippen LogP contribution in [-0.4, -0.2) is 30.6 Å². The molecule has 0 radical (unpaired) electrons. The Labute approximate surface area is 123 Å². The lowest BCUT2D eigenvalue weighted by molar-refractivity contribution is 0.116. The molecule has 2 unspecified atom stereocenters. The number of benzene rings is 1. The molecule has 20 heavy (non-hydrogen) atoms. The third-order valence-corrected chi connectivity index (χ3v) is 4.29. The van der Waals surface area contributed by atoms with Crippen molar-refractivity contribution in [3.8, 4) is 5.75 Å². The molecule has 1 aliphatic heterocycles. The first kappa shape index (κ1) is 15.3. The van der Waals surface area contributed by atoms with Gasteiger partial charge in [-0.05, 0) is 38.2 Å². The smallest absolute Gasteiger partial charge is 0.123 e. The van der Waals surface area contributed by atoms with Crippen LogP contribution in [-0.2, 0) is 6.54 Å². The second-order valence-electron chi connectivity index (χ2n) is 6.04. The zero-order valence-corrected chi connectivity index (χ0v) is 12.8. The zero-order valence-electron chi connectivity index (χ0n) is 12.8. The summed E-state index contributed by atoms with van der Waals surface area (Å²) in [6, 6.07) is 8.77. The Kier molecular flexibility index (Phi) is 5.86. The number of nitrogens with zero attached hydrogens (tertiary/aromatic N) is 1. The first-order chi connectivity index (χ1) is 9.70. The van der Waals surface area contributed by atoms with E-state index in [9.17, 15) is 0 Å². The summed E-state index contributed by atoms with van der Waals surface area (Å²) in [6.07, 6.45) is 3.78. The second kappa shape index (κ2) is 7.65. The fraction of sp³-hybridized carbons (Fsp3) is 0.647. The molecule has 0 bridgehead atoms. The largest absolute Gasteiger partial charge is 0.493 e. The Morgan fingerprint density at radius 2 is 2.05 bits per heavy atom. The minimum absolute atomic E-state index is 0.539. The molecule has 2 N–H and O–H groups in total. The van der Waals surface area contributed by atoms with E-state index >= 15 is 0 Å². The van der Waals surface area contributed by atoms with E-state index in [1.807, 2.05) is 24.3 Å². The van der Waals surface area contributed by atoms with E-state index in [-0.39, 0.29) is 0 Å². The van der Waals surface area contributed by atoms with E-state index in [0.717, 1.165) is 42.8 Å². The third kappa shape index (κ3) is 4.22.